The van der Waals surface area contributed by atoms with E-state index in [1.807, 2.05) is 6.20 Å². The van der Waals surface area contributed by atoms with E-state index in [9.17, 15) is 10.2 Å². The van der Waals surface area contributed by atoms with Crippen molar-refractivity contribution in [1.82, 2.24) is 4.90 Å². The minimum atomic E-state index is -0.743. The zero-order chi connectivity index (χ0) is 10.1. The average Bonchev–Trinajstić information content (AvgIpc) is 2.63. The zero-order valence-corrected chi connectivity index (χ0v) is 8.34. The minimum Gasteiger partial charge on any atom is -0.388 e. The molecule has 2 heterocycles. The van der Waals surface area contributed by atoms with Crippen LogP contribution in [0.5, 0.6) is 0 Å². The fourth-order valence-electron chi connectivity index (χ4n) is 2.16. The summed E-state index contributed by atoms with van der Waals surface area (Å²) in [5.74, 6) is 0. The van der Waals surface area contributed by atoms with Crippen molar-refractivity contribution in [1.29, 1.82) is 0 Å². The van der Waals surface area contributed by atoms with Gasteiger partial charge in [0.2, 0.25) is 0 Å². The second kappa shape index (κ2) is 3.88. The maximum atomic E-state index is 9.90. The summed E-state index contributed by atoms with van der Waals surface area (Å²) < 4.78 is 5.14. The molecular weight excluding hydrogens is 182 g/mol. The molecule has 4 heteroatoms. The molecule has 0 aromatic carbocycles. The van der Waals surface area contributed by atoms with Gasteiger partial charge in [-0.1, -0.05) is 6.08 Å². The van der Waals surface area contributed by atoms with Gasteiger partial charge in [-0.25, -0.2) is 0 Å². The van der Waals surface area contributed by atoms with Crippen LogP contribution in [0.1, 0.15) is 19.8 Å². The average molecular weight is 199 g/mol. The Hall–Kier alpha value is -0.580. The Balaban J connectivity index is 2.04. The molecule has 0 radical (unpaired) electrons. The minimum absolute atomic E-state index is 0.00694. The predicted octanol–water partition coefficient (Wildman–Crippen LogP) is 0.0625. The monoisotopic (exact) mass is 199 g/mol. The van der Waals surface area contributed by atoms with Crippen molar-refractivity contribution >= 4 is 0 Å². The molecule has 2 rings (SSSR count). The van der Waals surface area contributed by atoms with Crippen LogP contribution in [0.2, 0.25) is 0 Å². The maximum Gasteiger partial charge on any atom is 0.157 e. The molecule has 1 saturated heterocycles. The van der Waals surface area contributed by atoms with Crippen LogP contribution in [-0.4, -0.2) is 46.2 Å². The van der Waals surface area contributed by atoms with Crippen LogP contribution in [0, 0.1) is 0 Å². The highest BCUT2D eigenvalue weighted by Crippen LogP contribution is 2.25. The number of aliphatic hydroxyl groups is 2. The quantitative estimate of drug-likeness (QED) is 0.627. The Morgan fingerprint density at radius 1 is 1.43 bits per heavy atom. The van der Waals surface area contributed by atoms with Crippen molar-refractivity contribution in [3.05, 3.63) is 12.3 Å². The third-order valence-corrected chi connectivity index (χ3v) is 2.97. The summed E-state index contributed by atoms with van der Waals surface area (Å²) in [7, 11) is 0. The van der Waals surface area contributed by atoms with E-state index < -0.39 is 12.4 Å². The molecule has 4 unspecified atom stereocenters. The highest BCUT2D eigenvalue weighted by atomic mass is 16.6. The van der Waals surface area contributed by atoms with Crippen molar-refractivity contribution in [2.45, 2.75) is 44.3 Å². The van der Waals surface area contributed by atoms with E-state index in [1.165, 1.54) is 0 Å². The molecule has 4 nitrogen and oxygen atoms in total. The molecular formula is C10H17NO3. The number of nitrogens with zero attached hydrogens (tertiary/aromatic N) is 1. The van der Waals surface area contributed by atoms with Gasteiger partial charge >= 0.3 is 0 Å². The molecule has 0 bridgehead atoms. The van der Waals surface area contributed by atoms with Crippen LogP contribution >= 0.6 is 0 Å². The summed E-state index contributed by atoms with van der Waals surface area (Å²) in [5, 5.41) is 19.3. The van der Waals surface area contributed by atoms with Crippen LogP contribution in [-0.2, 0) is 4.74 Å². The lowest BCUT2D eigenvalue weighted by Gasteiger charge is -2.40. The van der Waals surface area contributed by atoms with Crippen LogP contribution in [0.15, 0.2) is 12.3 Å². The molecule has 0 aliphatic carbocycles. The predicted molar refractivity (Wildman–Crippen MR) is 51.4 cm³/mol. The third kappa shape index (κ3) is 1.78. The molecule has 80 valence electrons. The number of hydrogen-bond donors (Lipinski definition) is 2. The van der Waals surface area contributed by atoms with Crippen LogP contribution in [0.25, 0.3) is 0 Å². The third-order valence-electron chi connectivity index (χ3n) is 2.97. The molecule has 0 aromatic rings. The van der Waals surface area contributed by atoms with Crippen molar-refractivity contribution in [2.75, 3.05) is 6.54 Å². The zero-order valence-electron chi connectivity index (χ0n) is 8.34. The van der Waals surface area contributed by atoms with Gasteiger partial charge in [-0.2, -0.15) is 0 Å². The van der Waals surface area contributed by atoms with E-state index in [0.29, 0.717) is 6.42 Å². The van der Waals surface area contributed by atoms with Crippen LogP contribution in [0.3, 0.4) is 0 Å². The second-order valence-electron chi connectivity index (χ2n) is 4.00. The molecule has 0 saturated carbocycles. The lowest BCUT2D eigenvalue weighted by atomic mass is 9.98. The summed E-state index contributed by atoms with van der Waals surface area (Å²) in [6, 6.07) is -0.00694. The normalized spacial score (nSPS) is 43.2. The number of aliphatic hydroxyl groups excluding tert-OH is 2. The van der Waals surface area contributed by atoms with Crippen molar-refractivity contribution in [3.63, 3.8) is 0 Å². The first kappa shape index (κ1) is 9.96. The highest BCUT2D eigenvalue weighted by Gasteiger charge is 2.37. The summed E-state index contributed by atoms with van der Waals surface area (Å²) in [6.07, 6.45) is 4.04. The van der Waals surface area contributed by atoms with E-state index in [2.05, 4.69) is 11.0 Å². The van der Waals surface area contributed by atoms with E-state index in [0.717, 1.165) is 13.0 Å². The highest BCUT2D eigenvalue weighted by molar-refractivity contribution is 4.98. The molecule has 0 spiro atoms. The summed E-state index contributed by atoms with van der Waals surface area (Å²) in [4.78, 5) is 2.09. The van der Waals surface area contributed by atoms with Gasteiger partial charge < -0.3 is 19.8 Å². The van der Waals surface area contributed by atoms with Crippen LogP contribution in [0.4, 0.5) is 0 Å². The van der Waals surface area contributed by atoms with Gasteiger partial charge in [-0.05, 0) is 19.5 Å². The van der Waals surface area contributed by atoms with E-state index in [4.69, 9.17) is 4.74 Å². The van der Waals surface area contributed by atoms with E-state index in [1.54, 1.807) is 6.92 Å². The largest absolute Gasteiger partial charge is 0.388 e. The lowest BCUT2D eigenvalue weighted by molar-refractivity contribution is -0.212. The standard InChI is InChI=1S/C10H17NO3/c1-7-10(13)8(6-9(12)14-7)11-4-2-3-5-11/h2,4,7-10,12-13H,3,5-6H2,1H3. The first-order valence-corrected chi connectivity index (χ1v) is 5.12. The van der Waals surface area contributed by atoms with E-state index >= 15 is 0 Å². The van der Waals surface area contributed by atoms with Gasteiger partial charge in [0.25, 0.3) is 0 Å². The lowest BCUT2D eigenvalue weighted by Crippen LogP contribution is -2.53. The molecule has 0 amide bonds. The Morgan fingerprint density at radius 3 is 2.86 bits per heavy atom. The number of ether oxygens (including phenoxy) is 1. The first-order chi connectivity index (χ1) is 6.68. The molecule has 4 atom stereocenters. The Bertz CT molecular complexity index is 231. The summed E-state index contributed by atoms with van der Waals surface area (Å²) in [6.45, 7) is 2.72. The van der Waals surface area contributed by atoms with E-state index in [-0.39, 0.29) is 12.1 Å². The molecule has 0 aromatic heterocycles. The smallest absolute Gasteiger partial charge is 0.157 e. The fourth-order valence-corrected chi connectivity index (χ4v) is 2.16. The SMILES string of the molecule is CC1OC(O)CC(N2C=CCC2)C1O. The summed E-state index contributed by atoms with van der Waals surface area (Å²) >= 11 is 0. The van der Waals surface area contributed by atoms with Gasteiger partial charge in [-0.3, -0.25) is 0 Å². The molecule has 2 N–H and O–H groups in total. The van der Waals surface area contributed by atoms with Crippen molar-refractivity contribution in [3.8, 4) is 0 Å². The first-order valence-electron chi connectivity index (χ1n) is 5.12. The molecule has 2 aliphatic rings. The van der Waals surface area contributed by atoms with Gasteiger partial charge in [0.05, 0.1) is 12.1 Å². The fraction of sp³-hybridized carbons (Fsp3) is 0.800. The van der Waals surface area contributed by atoms with Crippen LogP contribution < -0.4 is 0 Å². The maximum absolute atomic E-state index is 9.90. The Kier molecular flexibility index (Phi) is 2.76. The second-order valence-corrected chi connectivity index (χ2v) is 4.00. The van der Waals surface area contributed by atoms with Crippen molar-refractivity contribution in [2.24, 2.45) is 0 Å². The molecule has 14 heavy (non-hydrogen) atoms. The number of rotatable bonds is 1. The van der Waals surface area contributed by atoms with Crippen molar-refractivity contribution < 1.29 is 14.9 Å². The molecule has 1 fully saturated rings. The topological polar surface area (TPSA) is 52.9 Å². The van der Waals surface area contributed by atoms with Gasteiger partial charge in [0, 0.05) is 13.0 Å². The number of hydrogen-bond acceptors (Lipinski definition) is 4. The van der Waals surface area contributed by atoms with Gasteiger partial charge in [-0.15, -0.1) is 0 Å². The summed E-state index contributed by atoms with van der Waals surface area (Å²) in [5.41, 5.74) is 0. The van der Waals surface area contributed by atoms with Gasteiger partial charge in [0.15, 0.2) is 6.29 Å². The Labute approximate surface area is 83.8 Å². The van der Waals surface area contributed by atoms with Gasteiger partial charge in [0.1, 0.15) is 6.10 Å². The molecule has 2 aliphatic heterocycles. The Morgan fingerprint density at radius 2 is 2.21 bits per heavy atom.